The Morgan fingerprint density at radius 1 is 1.33 bits per heavy atom. The van der Waals surface area contributed by atoms with Crippen LogP contribution in [0.5, 0.6) is 0 Å². The number of carbonyl (C=O) groups excluding carboxylic acids is 1. The molecule has 1 atom stereocenters. The summed E-state index contributed by atoms with van der Waals surface area (Å²) < 4.78 is 24.5. The minimum atomic E-state index is -3.14. The van der Waals surface area contributed by atoms with E-state index in [1.165, 1.54) is 0 Å². The summed E-state index contributed by atoms with van der Waals surface area (Å²) in [6.07, 6.45) is 4.73. The SMILES string of the molecule is CS(=O)(=O)CCC(=O)NC1CCCn2cnc(-c3ccccc3)c21. The fourth-order valence-electron chi connectivity index (χ4n) is 3.04. The van der Waals surface area contributed by atoms with Crippen LogP contribution in [0.15, 0.2) is 36.7 Å². The van der Waals surface area contributed by atoms with Crippen LogP contribution in [0, 0.1) is 0 Å². The molecule has 2 heterocycles. The zero-order valence-electron chi connectivity index (χ0n) is 13.6. The van der Waals surface area contributed by atoms with Gasteiger partial charge in [-0.05, 0) is 12.8 Å². The lowest BCUT2D eigenvalue weighted by Gasteiger charge is -2.26. The standard InChI is InChI=1S/C17H21N3O3S/c1-24(22,23)11-9-15(21)19-14-8-5-10-20-12-18-16(17(14)20)13-6-3-2-4-7-13/h2-4,6-7,12,14H,5,8-11H2,1H3,(H,19,21). The number of nitrogens with one attached hydrogen (secondary N) is 1. The molecular weight excluding hydrogens is 326 g/mol. The molecule has 1 aromatic carbocycles. The lowest BCUT2D eigenvalue weighted by molar-refractivity contribution is -0.121. The van der Waals surface area contributed by atoms with Crippen LogP contribution in [0.2, 0.25) is 0 Å². The first-order valence-corrected chi connectivity index (χ1v) is 10.1. The average molecular weight is 347 g/mol. The molecule has 0 saturated carbocycles. The Kier molecular flexibility index (Phi) is 4.71. The van der Waals surface area contributed by atoms with Gasteiger partial charge in [-0.2, -0.15) is 0 Å². The molecule has 0 bridgehead atoms. The average Bonchev–Trinajstić information content (AvgIpc) is 2.98. The zero-order valence-corrected chi connectivity index (χ0v) is 14.4. The maximum atomic E-state index is 12.1. The van der Waals surface area contributed by atoms with E-state index in [1.54, 1.807) is 0 Å². The van der Waals surface area contributed by atoms with Crippen molar-refractivity contribution in [2.45, 2.75) is 31.8 Å². The molecule has 2 aromatic rings. The maximum absolute atomic E-state index is 12.1. The van der Waals surface area contributed by atoms with Crippen LogP contribution in [0.4, 0.5) is 0 Å². The molecular formula is C17H21N3O3S. The number of fused-ring (bicyclic) bond motifs is 1. The highest BCUT2D eigenvalue weighted by molar-refractivity contribution is 7.90. The summed E-state index contributed by atoms with van der Waals surface area (Å²) in [7, 11) is -3.14. The molecule has 0 fully saturated rings. The monoisotopic (exact) mass is 347 g/mol. The fraction of sp³-hybridized carbons (Fsp3) is 0.412. The second-order valence-electron chi connectivity index (χ2n) is 6.18. The van der Waals surface area contributed by atoms with Crippen molar-refractivity contribution in [2.24, 2.45) is 0 Å². The van der Waals surface area contributed by atoms with Gasteiger partial charge in [-0.3, -0.25) is 4.79 Å². The van der Waals surface area contributed by atoms with Crippen LogP contribution in [-0.2, 0) is 21.2 Å². The lowest BCUT2D eigenvalue weighted by Crippen LogP contribution is -2.33. The second kappa shape index (κ2) is 6.76. The molecule has 1 aromatic heterocycles. The van der Waals surface area contributed by atoms with Gasteiger partial charge in [-0.1, -0.05) is 30.3 Å². The number of aryl methyl sites for hydroxylation is 1. The van der Waals surface area contributed by atoms with Crippen molar-refractivity contribution < 1.29 is 13.2 Å². The first-order chi connectivity index (χ1) is 11.4. The molecule has 1 aliphatic rings. The normalized spacial score (nSPS) is 17.3. The van der Waals surface area contributed by atoms with E-state index in [9.17, 15) is 13.2 Å². The van der Waals surface area contributed by atoms with Crippen molar-refractivity contribution in [2.75, 3.05) is 12.0 Å². The highest BCUT2D eigenvalue weighted by Crippen LogP contribution is 2.33. The predicted molar refractivity (Wildman–Crippen MR) is 92.1 cm³/mol. The fourth-order valence-corrected chi connectivity index (χ4v) is 3.60. The van der Waals surface area contributed by atoms with Crippen molar-refractivity contribution in [3.8, 4) is 11.3 Å². The first-order valence-electron chi connectivity index (χ1n) is 8.01. The number of carbonyl (C=O) groups is 1. The van der Waals surface area contributed by atoms with Crippen molar-refractivity contribution in [3.05, 3.63) is 42.4 Å². The summed E-state index contributed by atoms with van der Waals surface area (Å²) >= 11 is 0. The third-order valence-corrected chi connectivity index (χ3v) is 5.13. The van der Waals surface area contributed by atoms with Gasteiger partial charge in [0.15, 0.2) is 0 Å². The second-order valence-corrected chi connectivity index (χ2v) is 8.44. The van der Waals surface area contributed by atoms with Gasteiger partial charge >= 0.3 is 0 Å². The topological polar surface area (TPSA) is 81.1 Å². The molecule has 128 valence electrons. The van der Waals surface area contributed by atoms with Crippen LogP contribution >= 0.6 is 0 Å². The number of hydrogen-bond donors (Lipinski definition) is 1. The van der Waals surface area contributed by atoms with Gasteiger partial charge in [0, 0.05) is 24.8 Å². The summed E-state index contributed by atoms with van der Waals surface area (Å²) in [6, 6.07) is 9.74. The molecule has 1 unspecified atom stereocenters. The Bertz CT molecular complexity index is 828. The molecule has 0 aliphatic carbocycles. The maximum Gasteiger partial charge on any atom is 0.221 e. The van der Waals surface area contributed by atoms with E-state index in [0.717, 1.165) is 42.6 Å². The number of imidazole rings is 1. The molecule has 0 spiro atoms. The highest BCUT2D eigenvalue weighted by Gasteiger charge is 2.26. The van der Waals surface area contributed by atoms with Crippen molar-refractivity contribution in [3.63, 3.8) is 0 Å². The summed E-state index contributed by atoms with van der Waals surface area (Å²) in [5, 5.41) is 2.98. The van der Waals surface area contributed by atoms with Gasteiger partial charge < -0.3 is 9.88 Å². The molecule has 3 rings (SSSR count). The van der Waals surface area contributed by atoms with E-state index >= 15 is 0 Å². The molecule has 0 radical (unpaired) electrons. The summed E-state index contributed by atoms with van der Waals surface area (Å²) in [5.41, 5.74) is 2.90. The van der Waals surface area contributed by atoms with Gasteiger partial charge in [-0.25, -0.2) is 13.4 Å². The number of hydrogen-bond acceptors (Lipinski definition) is 4. The zero-order chi connectivity index (χ0) is 17.2. The first kappa shape index (κ1) is 16.7. The summed E-state index contributed by atoms with van der Waals surface area (Å²) in [4.78, 5) is 16.7. The quantitative estimate of drug-likeness (QED) is 0.896. The van der Waals surface area contributed by atoms with Crippen LogP contribution in [0.25, 0.3) is 11.3 Å². The Balaban J connectivity index is 1.81. The molecule has 1 aliphatic heterocycles. The Morgan fingerprint density at radius 3 is 2.79 bits per heavy atom. The van der Waals surface area contributed by atoms with E-state index in [1.807, 2.05) is 36.7 Å². The molecule has 24 heavy (non-hydrogen) atoms. The number of sulfone groups is 1. The summed E-state index contributed by atoms with van der Waals surface area (Å²) in [6.45, 7) is 0.880. The molecule has 0 saturated heterocycles. The minimum Gasteiger partial charge on any atom is -0.348 e. The van der Waals surface area contributed by atoms with Gasteiger partial charge in [0.05, 0.1) is 29.5 Å². The van der Waals surface area contributed by atoms with Crippen LogP contribution in [-0.4, -0.2) is 35.9 Å². The van der Waals surface area contributed by atoms with Crippen molar-refractivity contribution >= 4 is 15.7 Å². The highest BCUT2D eigenvalue weighted by atomic mass is 32.2. The molecule has 6 nitrogen and oxygen atoms in total. The van der Waals surface area contributed by atoms with Gasteiger partial charge in [0.2, 0.25) is 5.91 Å². The van der Waals surface area contributed by atoms with Gasteiger partial charge in [0.1, 0.15) is 9.84 Å². The Hall–Kier alpha value is -2.15. The van der Waals surface area contributed by atoms with E-state index in [-0.39, 0.29) is 24.1 Å². The third kappa shape index (κ3) is 3.84. The van der Waals surface area contributed by atoms with Gasteiger partial charge in [0.25, 0.3) is 0 Å². The molecule has 1 amide bonds. The third-order valence-electron chi connectivity index (χ3n) is 4.18. The van der Waals surface area contributed by atoms with Crippen LogP contribution in [0.1, 0.15) is 31.0 Å². The van der Waals surface area contributed by atoms with E-state index < -0.39 is 9.84 Å². The number of rotatable bonds is 5. The number of amides is 1. The van der Waals surface area contributed by atoms with Crippen molar-refractivity contribution in [1.29, 1.82) is 0 Å². The smallest absolute Gasteiger partial charge is 0.221 e. The van der Waals surface area contributed by atoms with E-state index in [2.05, 4.69) is 14.9 Å². The van der Waals surface area contributed by atoms with Crippen LogP contribution in [0.3, 0.4) is 0 Å². The van der Waals surface area contributed by atoms with Crippen molar-refractivity contribution in [1.82, 2.24) is 14.9 Å². The molecule has 1 N–H and O–H groups in total. The predicted octanol–water partition coefficient (Wildman–Crippen LogP) is 1.94. The lowest BCUT2D eigenvalue weighted by atomic mass is 9.99. The van der Waals surface area contributed by atoms with E-state index in [0.29, 0.717) is 0 Å². The summed E-state index contributed by atoms with van der Waals surface area (Å²) in [5.74, 6) is -0.366. The number of benzene rings is 1. The van der Waals surface area contributed by atoms with E-state index in [4.69, 9.17) is 0 Å². The van der Waals surface area contributed by atoms with Gasteiger partial charge in [-0.15, -0.1) is 0 Å². The largest absolute Gasteiger partial charge is 0.348 e. The Labute approximate surface area is 141 Å². The Morgan fingerprint density at radius 2 is 2.08 bits per heavy atom. The van der Waals surface area contributed by atoms with Crippen LogP contribution < -0.4 is 5.32 Å². The number of nitrogens with zero attached hydrogens (tertiary/aromatic N) is 2. The molecule has 7 heteroatoms. The number of aromatic nitrogens is 2. The minimum absolute atomic E-state index is 0.00978.